The lowest BCUT2D eigenvalue weighted by molar-refractivity contribution is 0.189. The Morgan fingerprint density at radius 1 is 1.00 bits per heavy atom. The van der Waals surface area contributed by atoms with Crippen LogP contribution in [0.2, 0.25) is 0 Å². The molecule has 0 radical (unpaired) electrons. The number of nitrogens with one attached hydrogen (secondary N) is 1. The molecule has 28 heavy (non-hydrogen) atoms. The van der Waals surface area contributed by atoms with Crippen molar-refractivity contribution in [2.75, 3.05) is 20.7 Å². The lowest BCUT2D eigenvalue weighted by Crippen LogP contribution is -2.38. The fourth-order valence-corrected chi connectivity index (χ4v) is 4.71. The minimum absolute atomic E-state index is 0.0918. The van der Waals surface area contributed by atoms with E-state index in [0.29, 0.717) is 18.2 Å². The van der Waals surface area contributed by atoms with Gasteiger partial charge < -0.3 is 15.0 Å². The topological polar surface area (TPSA) is 36.3 Å². The van der Waals surface area contributed by atoms with Crippen molar-refractivity contribution in [1.29, 1.82) is 5.41 Å². The Morgan fingerprint density at radius 2 is 1.61 bits per heavy atom. The number of likely N-dealkylation sites (tertiary alicyclic amines) is 1. The van der Waals surface area contributed by atoms with Crippen molar-refractivity contribution in [1.82, 2.24) is 4.90 Å². The van der Waals surface area contributed by atoms with Crippen molar-refractivity contribution in [3.63, 3.8) is 0 Å². The van der Waals surface area contributed by atoms with Gasteiger partial charge in [-0.15, -0.1) is 0 Å². The van der Waals surface area contributed by atoms with Crippen LogP contribution in [0.4, 0.5) is 0 Å². The second-order valence-corrected chi connectivity index (χ2v) is 7.68. The Balaban J connectivity index is 1.98. The van der Waals surface area contributed by atoms with Gasteiger partial charge in [-0.2, -0.15) is 0 Å². The van der Waals surface area contributed by atoms with Crippen LogP contribution in [0.3, 0.4) is 0 Å². The van der Waals surface area contributed by atoms with Crippen LogP contribution in [0, 0.1) is 11.3 Å². The van der Waals surface area contributed by atoms with E-state index in [1.807, 2.05) is 12.1 Å². The fraction of sp³-hybridized carbons (Fsp3) is 0.320. The van der Waals surface area contributed by atoms with Crippen LogP contribution < -0.4 is 0 Å². The van der Waals surface area contributed by atoms with Gasteiger partial charge in [0.2, 0.25) is 0 Å². The number of methoxy groups -OCH3 is 1. The molecule has 1 N–H and O–H groups in total. The van der Waals surface area contributed by atoms with Crippen molar-refractivity contribution < 1.29 is 4.74 Å². The zero-order valence-corrected chi connectivity index (χ0v) is 16.7. The molecular formula is C25H28N2O. The van der Waals surface area contributed by atoms with Gasteiger partial charge in [0, 0.05) is 18.2 Å². The van der Waals surface area contributed by atoms with Gasteiger partial charge >= 0.3 is 0 Å². The summed E-state index contributed by atoms with van der Waals surface area (Å²) in [5.41, 5.74) is 5.32. The summed E-state index contributed by atoms with van der Waals surface area (Å²) in [5.74, 6) is 1.10. The van der Waals surface area contributed by atoms with E-state index in [2.05, 4.69) is 66.6 Å². The van der Waals surface area contributed by atoms with Crippen molar-refractivity contribution in [3.8, 4) is 0 Å². The maximum atomic E-state index is 8.92. The SMILES string of the molecule is COC1=CCC(=N)C(=C(c2ccccc2)c2ccccc2)C1C1CCCN1C. The van der Waals surface area contributed by atoms with Crippen LogP contribution in [-0.4, -0.2) is 37.4 Å². The number of benzene rings is 2. The molecule has 0 amide bonds. The number of hydrogen-bond acceptors (Lipinski definition) is 3. The van der Waals surface area contributed by atoms with Crippen molar-refractivity contribution in [2.24, 2.45) is 5.92 Å². The second kappa shape index (κ2) is 8.15. The van der Waals surface area contributed by atoms with Crippen molar-refractivity contribution in [3.05, 3.63) is 89.2 Å². The Morgan fingerprint density at radius 3 is 2.11 bits per heavy atom. The first kappa shape index (κ1) is 18.7. The molecule has 1 heterocycles. The lowest BCUT2D eigenvalue weighted by atomic mass is 9.75. The zero-order chi connectivity index (χ0) is 19.5. The molecule has 1 aliphatic carbocycles. The summed E-state index contributed by atoms with van der Waals surface area (Å²) in [6.07, 6.45) is 5.06. The third kappa shape index (κ3) is 3.43. The molecule has 4 rings (SSSR count). The number of allylic oxidation sites excluding steroid dienone is 1. The van der Waals surface area contributed by atoms with Crippen molar-refractivity contribution >= 4 is 11.3 Å². The Labute approximate surface area is 167 Å². The lowest BCUT2D eigenvalue weighted by Gasteiger charge is -2.36. The largest absolute Gasteiger partial charge is 0.501 e. The highest BCUT2D eigenvalue weighted by Gasteiger charge is 2.39. The van der Waals surface area contributed by atoms with E-state index in [1.165, 1.54) is 12.0 Å². The Bertz CT molecular complexity index is 857. The quantitative estimate of drug-likeness (QED) is 0.805. The Kier molecular flexibility index (Phi) is 5.45. The summed E-state index contributed by atoms with van der Waals surface area (Å²) in [4.78, 5) is 2.43. The predicted octanol–water partition coefficient (Wildman–Crippen LogP) is 5.15. The molecule has 2 aromatic rings. The zero-order valence-electron chi connectivity index (χ0n) is 16.7. The molecule has 2 unspecified atom stereocenters. The number of hydrogen-bond donors (Lipinski definition) is 1. The molecule has 1 aliphatic heterocycles. The molecule has 3 nitrogen and oxygen atoms in total. The van der Waals surface area contributed by atoms with E-state index in [9.17, 15) is 0 Å². The maximum Gasteiger partial charge on any atom is 0.101 e. The molecular weight excluding hydrogens is 344 g/mol. The molecule has 2 aliphatic rings. The molecule has 2 aromatic carbocycles. The molecule has 1 fully saturated rings. The maximum absolute atomic E-state index is 8.92. The van der Waals surface area contributed by atoms with Gasteiger partial charge in [0.1, 0.15) is 5.76 Å². The van der Waals surface area contributed by atoms with E-state index < -0.39 is 0 Å². The van der Waals surface area contributed by atoms with Crippen molar-refractivity contribution in [2.45, 2.75) is 25.3 Å². The molecule has 0 aromatic heterocycles. The third-order valence-corrected chi connectivity index (χ3v) is 6.04. The summed E-state index contributed by atoms with van der Waals surface area (Å²) in [6, 6.07) is 21.4. The number of nitrogens with zero attached hydrogens (tertiary/aromatic N) is 1. The van der Waals surface area contributed by atoms with Gasteiger partial charge in [0.15, 0.2) is 0 Å². The monoisotopic (exact) mass is 372 g/mol. The average molecular weight is 373 g/mol. The fourth-order valence-electron chi connectivity index (χ4n) is 4.71. The molecule has 2 atom stereocenters. The average Bonchev–Trinajstić information content (AvgIpc) is 3.16. The van der Waals surface area contributed by atoms with Gasteiger partial charge in [-0.05, 0) is 54.8 Å². The van der Waals surface area contributed by atoms with E-state index in [-0.39, 0.29) is 5.92 Å². The van der Waals surface area contributed by atoms with Gasteiger partial charge in [0.05, 0.1) is 13.0 Å². The standard InChI is InChI=1S/C25H28N2O/c1-27-17-9-14-21(27)25-22(28-2)16-15-20(26)24(25)23(18-10-5-3-6-11-18)19-12-7-4-8-13-19/h3-8,10-13,16,21,25-26H,9,14-15,17H2,1-2H3. The highest BCUT2D eigenvalue weighted by molar-refractivity contribution is 6.09. The van der Waals surface area contributed by atoms with E-state index in [4.69, 9.17) is 10.1 Å². The predicted molar refractivity (Wildman–Crippen MR) is 115 cm³/mol. The molecule has 3 heteroatoms. The van der Waals surface area contributed by atoms with E-state index in [0.717, 1.165) is 35.4 Å². The summed E-state index contributed by atoms with van der Waals surface area (Å²) >= 11 is 0. The van der Waals surface area contributed by atoms with E-state index >= 15 is 0 Å². The van der Waals surface area contributed by atoms with Crippen LogP contribution in [-0.2, 0) is 4.74 Å². The smallest absolute Gasteiger partial charge is 0.101 e. The highest BCUT2D eigenvalue weighted by atomic mass is 16.5. The Hall–Kier alpha value is -2.65. The second-order valence-electron chi connectivity index (χ2n) is 7.68. The minimum Gasteiger partial charge on any atom is -0.501 e. The summed E-state index contributed by atoms with van der Waals surface area (Å²) in [5, 5.41) is 8.92. The first-order chi connectivity index (χ1) is 13.7. The van der Waals surface area contributed by atoms with E-state index in [1.54, 1.807) is 7.11 Å². The molecule has 144 valence electrons. The number of rotatable bonds is 4. The van der Waals surface area contributed by atoms with Gasteiger partial charge in [-0.25, -0.2) is 0 Å². The third-order valence-electron chi connectivity index (χ3n) is 6.04. The van der Waals surface area contributed by atoms with Crippen LogP contribution in [0.15, 0.2) is 78.1 Å². The summed E-state index contributed by atoms with van der Waals surface area (Å²) in [6.45, 7) is 1.10. The normalized spacial score (nSPS) is 22.9. The summed E-state index contributed by atoms with van der Waals surface area (Å²) < 4.78 is 5.87. The van der Waals surface area contributed by atoms with Crippen LogP contribution >= 0.6 is 0 Å². The van der Waals surface area contributed by atoms with Gasteiger partial charge in [-0.3, -0.25) is 0 Å². The van der Waals surface area contributed by atoms with Gasteiger partial charge in [-0.1, -0.05) is 60.7 Å². The van der Waals surface area contributed by atoms with Crippen LogP contribution in [0.25, 0.3) is 5.57 Å². The number of ether oxygens (including phenoxy) is 1. The first-order valence-electron chi connectivity index (χ1n) is 10.1. The highest BCUT2D eigenvalue weighted by Crippen LogP contribution is 2.42. The minimum atomic E-state index is 0.0918. The van der Waals surface area contributed by atoms with Gasteiger partial charge in [0.25, 0.3) is 0 Å². The molecule has 0 spiro atoms. The molecule has 0 bridgehead atoms. The van der Waals surface area contributed by atoms with Crippen LogP contribution in [0.1, 0.15) is 30.4 Å². The molecule has 0 saturated carbocycles. The first-order valence-corrected chi connectivity index (χ1v) is 10.1. The molecule has 1 saturated heterocycles. The summed E-state index contributed by atoms with van der Waals surface area (Å²) in [7, 11) is 3.97. The van der Waals surface area contributed by atoms with Crippen LogP contribution in [0.5, 0.6) is 0 Å².